The second kappa shape index (κ2) is 15.7. The molecule has 2 fully saturated rings. The van der Waals surface area contributed by atoms with Crippen molar-refractivity contribution in [3.05, 3.63) is 30.0 Å². The monoisotopic (exact) mass is 611 g/mol. The largest absolute Gasteiger partial charge is 0.495 e. The van der Waals surface area contributed by atoms with Crippen molar-refractivity contribution in [3.63, 3.8) is 0 Å². The quantitative estimate of drug-likeness (QED) is 0.234. The summed E-state index contributed by atoms with van der Waals surface area (Å²) in [6.45, 7) is 6.39. The molecule has 4 N–H and O–H groups in total. The van der Waals surface area contributed by atoms with Crippen LogP contribution in [0, 0.1) is 0 Å². The average molecular weight is 612 g/mol. The molecule has 1 saturated heterocycles. The molecule has 1 unspecified atom stereocenters. The molecule has 1 aliphatic carbocycles. The zero-order valence-corrected chi connectivity index (χ0v) is 26.4. The molecular weight excluding hydrogens is 562 g/mol. The molecule has 3 aliphatic rings. The number of aromatic nitrogens is 2. The minimum atomic E-state index is -0.620. The highest BCUT2D eigenvalue weighted by Gasteiger charge is 2.41. The summed E-state index contributed by atoms with van der Waals surface area (Å²) in [4.78, 5) is 26.5. The minimum absolute atomic E-state index is 0.0459. The number of aliphatic hydroxyl groups is 1. The topological polar surface area (TPSA) is 133 Å². The van der Waals surface area contributed by atoms with Gasteiger partial charge in [-0.1, -0.05) is 19.8 Å². The maximum absolute atomic E-state index is 12.8. The van der Waals surface area contributed by atoms with Crippen LogP contribution in [0.1, 0.15) is 68.6 Å². The lowest BCUT2D eigenvalue weighted by molar-refractivity contribution is -0.00741. The van der Waals surface area contributed by atoms with Crippen LogP contribution in [0.5, 0.6) is 5.75 Å². The number of hydrogen-bond donors (Lipinski definition) is 4. The molecule has 3 heterocycles. The molecule has 1 saturated carbocycles. The SMILES string of the molecule is CC[C@@H]1C(O)N(C)c2cnc(Nc3ccc(C(=O)NCCCOCCOC4CCNCC4)cc3OC)nc2N1C1CCCC1. The van der Waals surface area contributed by atoms with Crippen LogP contribution in [0.4, 0.5) is 23.1 Å². The summed E-state index contributed by atoms with van der Waals surface area (Å²) < 4.78 is 17.1. The highest BCUT2D eigenvalue weighted by Crippen LogP contribution is 2.41. The molecule has 0 spiro atoms. The van der Waals surface area contributed by atoms with Crippen LogP contribution in [0.2, 0.25) is 0 Å². The minimum Gasteiger partial charge on any atom is -0.495 e. The molecular formula is C32H49N7O5. The number of nitrogens with one attached hydrogen (secondary N) is 3. The van der Waals surface area contributed by atoms with Gasteiger partial charge < -0.3 is 45.1 Å². The van der Waals surface area contributed by atoms with Gasteiger partial charge in [0.2, 0.25) is 5.95 Å². The van der Waals surface area contributed by atoms with Crippen LogP contribution in [-0.2, 0) is 9.47 Å². The third kappa shape index (κ3) is 7.71. The Morgan fingerprint density at radius 2 is 1.93 bits per heavy atom. The lowest BCUT2D eigenvalue weighted by Crippen LogP contribution is -2.58. The molecule has 242 valence electrons. The number of methoxy groups -OCH3 is 1. The Kier molecular flexibility index (Phi) is 11.5. The Bertz CT molecular complexity index is 1220. The number of ether oxygens (including phenoxy) is 3. The molecule has 0 bridgehead atoms. The maximum Gasteiger partial charge on any atom is 0.251 e. The molecule has 1 aromatic heterocycles. The van der Waals surface area contributed by atoms with Crippen molar-refractivity contribution >= 4 is 29.0 Å². The predicted molar refractivity (Wildman–Crippen MR) is 171 cm³/mol. The third-order valence-corrected chi connectivity index (χ3v) is 8.94. The fourth-order valence-corrected chi connectivity index (χ4v) is 6.47. The summed E-state index contributed by atoms with van der Waals surface area (Å²) in [5, 5.41) is 20.6. The molecule has 44 heavy (non-hydrogen) atoms. The van der Waals surface area contributed by atoms with E-state index in [1.54, 1.807) is 25.4 Å². The number of amides is 1. The number of carbonyl (C=O) groups excluding carboxylic acids is 1. The summed E-state index contributed by atoms with van der Waals surface area (Å²) >= 11 is 0. The van der Waals surface area contributed by atoms with E-state index in [1.807, 2.05) is 18.0 Å². The molecule has 2 atom stereocenters. The van der Waals surface area contributed by atoms with E-state index in [9.17, 15) is 9.90 Å². The standard InChI is InChI=1S/C32H49N7O5/c1-4-26-31(41)38(2)27-21-35-32(37-29(27)39(26)23-8-5-6-9-23)36-25-11-10-22(20-28(25)42-3)30(40)34-14-7-17-43-18-19-44-24-12-15-33-16-13-24/h10-11,20-21,23-24,26,31,33,41H,4-9,12-19H2,1-3H3,(H,34,40)(H,35,36,37)/t26-,31?/m1/s1. The van der Waals surface area contributed by atoms with Crippen LogP contribution in [0.3, 0.4) is 0 Å². The smallest absolute Gasteiger partial charge is 0.251 e. The Balaban J connectivity index is 1.15. The maximum atomic E-state index is 12.8. The number of piperidine rings is 1. The van der Waals surface area contributed by atoms with Crippen molar-refractivity contribution in [1.82, 2.24) is 20.6 Å². The lowest BCUT2D eigenvalue weighted by Gasteiger charge is -2.48. The lowest BCUT2D eigenvalue weighted by atomic mass is 10.0. The van der Waals surface area contributed by atoms with E-state index < -0.39 is 6.23 Å². The molecule has 0 radical (unpaired) electrons. The molecule has 1 amide bonds. The van der Waals surface area contributed by atoms with Gasteiger partial charge in [-0.15, -0.1) is 0 Å². The van der Waals surface area contributed by atoms with Crippen molar-refractivity contribution in [2.24, 2.45) is 0 Å². The first kappa shape index (κ1) is 32.2. The van der Waals surface area contributed by atoms with Crippen LogP contribution in [0.25, 0.3) is 0 Å². The third-order valence-electron chi connectivity index (χ3n) is 8.94. The van der Waals surface area contributed by atoms with Gasteiger partial charge in [-0.05, 0) is 69.8 Å². The van der Waals surface area contributed by atoms with Crippen LogP contribution < -0.4 is 30.5 Å². The second-order valence-electron chi connectivity index (χ2n) is 11.8. The molecule has 1 aromatic carbocycles. The normalized spacial score (nSPS) is 20.9. The van der Waals surface area contributed by atoms with Crippen LogP contribution in [0.15, 0.2) is 24.4 Å². The van der Waals surface area contributed by atoms with E-state index in [-0.39, 0.29) is 11.9 Å². The van der Waals surface area contributed by atoms with Gasteiger partial charge in [0.25, 0.3) is 5.91 Å². The second-order valence-corrected chi connectivity index (χ2v) is 11.8. The fourth-order valence-electron chi connectivity index (χ4n) is 6.47. The van der Waals surface area contributed by atoms with E-state index >= 15 is 0 Å². The highest BCUT2D eigenvalue weighted by molar-refractivity contribution is 5.95. The van der Waals surface area contributed by atoms with Gasteiger partial charge in [0, 0.05) is 31.8 Å². The van der Waals surface area contributed by atoms with Gasteiger partial charge in [-0.2, -0.15) is 4.98 Å². The summed E-state index contributed by atoms with van der Waals surface area (Å²) in [6, 6.07) is 5.58. The van der Waals surface area contributed by atoms with Crippen molar-refractivity contribution in [2.45, 2.75) is 82.7 Å². The first-order valence-electron chi connectivity index (χ1n) is 16.2. The van der Waals surface area contributed by atoms with Crippen molar-refractivity contribution in [1.29, 1.82) is 0 Å². The predicted octanol–water partition coefficient (Wildman–Crippen LogP) is 3.43. The van der Waals surface area contributed by atoms with Crippen LogP contribution >= 0.6 is 0 Å². The van der Waals surface area contributed by atoms with Gasteiger partial charge in [-0.25, -0.2) is 4.98 Å². The van der Waals surface area contributed by atoms with Crippen molar-refractivity contribution in [2.75, 3.05) is 68.7 Å². The Hall–Kier alpha value is -3.19. The summed E-state index contributed by atoms with van der Waals surface area (Å²) in [5.74, 6) is 1.61. The molecule has 5 rings (SSSR count). The number of benzene rings is 1. The van der Waals surface area contributed by atoms with Crippen LogP contribution in [-0.4, -0.2) is 99.0 Å². The number of fused-ring (bicyclic) bond motifs is 1. The number of aliphatic hydroxyl groups excluding tert-OH is 1. The number of carbonyl (C=O) groups is 1. The summed E-state index contributed by atoms with van der Waals surface area (Å²) in [5.41, 5.74) is 1.98. The van der Waals surface area contributed by atoms with Gasteiger partial charge in [0.1, 0.15) is 17.7 Å². The molecule has 12 nitrogen and oxygen atoms in total. The molecule has 12 heteroatoms. The fraction of sp³-hybridized carbons (Fsp3) is 0.656. The van der Waals surface area contributed by atoms with Gasteiger partial charge in [0.05, 0.1) is 44.4 Å². The Labute approximate surface area is 260 Å². The number of nitrogens with zero attached hydrogens (tertiary/aromatic N) is 4. The van der Waals surface area contributed by atoms with E-state index in [1.165, 1.54) is 12.8 Å². The van der Waals surface area contributed by atoms with Crippen molar-refractivity contribution in [3.8, 4) is 5.75 Å². The summed E-state index contributed by atoms with van der Waals surface area (Å²) in [6.07, 6.45) is 9.68. The first-order chi connectivity index (χ1) is 21.5. The van der Waals surface area contributed by atoms with Gasteiger partial charge in [0.15, 0.2) is 5.82 Å². The number of hydrogen-bond acceptors (Lipinski definition) is 11. The highest BCUT2D eigenvalue weighted by atomic mass is 16.5. The molecule has 2 aromatic rings. The Morgan fingerprint density at radius 3 is 2.68 bits per heavy atom. The average Bonchev–Trinajstić information content (AvgIpc) is 3.59. The van der Waals surface area contributed by atoms with Gasteiger partial charge >= 0.3 is 0 Å². The first-order valence-corrected chi connectivity index (χ1v) is 16.2. The zero-order valence-electron chi connectivity index (χ0n) is 26.4. The summed E-state index contributed by atoms with van der Waals surface area (Å²) in [7, 11) is 3.46. The number of rotatable bonds is 14. The zero-order chi connectivity index (χ0) is 30.9. The van der Waals surface area contributed by atoms with E-state index in [0.717, 1.165) is 56.7 Å². The van der Waals surface area contributed by atoms with Gasteiger partial charge in [-0.3, -0.25) is 4.79 Å². The van der Waals surface area contributed by atoms with Crippen molar-refractivity contribution < 1.29 is 24.1 Å². The van der Waals surface area contributed by atoms with E-state index in [0.29, 0.717) is 67.9 Å². The Morgan fingerprint density at radius 1 is 1.14 bits per heavy atom. The molecule has 2 aliphatic heterocycles. The van der Waals surface area contributed by atoms with E-state index in [4.69, 9.17) is 19.2 Å². The number of anilines is 4. The number of likely N-dealkylation sites (N-methyl/N-ethyl adjacent to an activating group) is 1. The van der Waals surface area contributed by atoms with E-state index in [2.05, 4.69) is 32.8 Å².